The summed E-state index contributed by atoms with van der Waals surface area (Å²) in [4.78, 5) is 29.1. The Morgan fingerprint density at radius 1 is 0.788 bits per heavy atom. The molecular formula is C28H25NO4. The van der Waals surface area contributed by atoms with E-state index in [1.165, 1.54) is 0 Å². The molecule has 3 aromatic rings. The molecule has 0 aliphatic carbocycles. The van der Waals surface area contributed by atoms with Gasteiger partial charge >= 0.3 is 0 Å². The van der Waals surface area contributed by atoms with Gasteiger partial charge < -0.3 is 14.7 Å². The van der Waals surface area contributed by atoms with Crippen molar-refractivity contribution in [3.8, 4) is 5.75 Å². The van der Waals surface area contributed by atoms with E-state index < -0.39 is 5.92 Å². The Hall–Kier alpha value is -3.96. The number of rotatable bonds is 8. The smallest absolute Gasteiger partial charge is 0.191 e. The molecule has 3 aromatic carbocycles. The van der Waals surface area contributed by atoms with Crippen LogP contribution in [-0.4, -0.2) is 41.8 Å². The molecule has 1 heterocycles. The lowest BCUT2D eigenvalue weighted by atomic mass is 9.77. The van der Waals surface area contributed by atoms with E-state index in [4.69, 9.17) is 4.74 Å². The highest BCUT2D eigenvalue weighted by molar-refractivity contribution is 6.15. The molecule has 0 fully saturated rings. The zero-order chi connectivity index (χ0) is 23.2. The number of hydrogen-bond donors (Lipinski definition) is 1. The number of para-hydroxylation sites is 1. The number of methoxy groups -OCH3 is 1. The Kier molecular flexibility index (Phi) is 6.81. The molecule has 0 amide bonds. The lowest BCUT2D eigenvalue weighted by Crippen LogP contribution is -2.29. The van der Waals surface area contributed by atoms with E-state index in [2.05, 4.69) is 0 Å². The highest BCUT2D eigenvalue weighted by Crippen LogP contribution is 2.42. The van der Waals surface area contributed by atoms with Crippen molar-refractivity contribution in [3.05, 3.63) is 125 Å². The number of aliphatic hydroxyl groups is 1. The van der Waals surface area contributed by atoms with Crippen LogP contribution >= 0.6 is 0 Å². The van der Waals surface area contributed by atoms with Crippen LogP contribution in [0.15, 0.2) is 108 Å². The first-order valence-electron chi connectivity index (χ1n) is 10.8. The molecule has 0 saturated carbocycles. The number of benzene rings is 3. The van der Waals surface area contributed by atoms with Crippen molar-refractivity contribution < 1.29 is 19.4 Å². The van der Waals surface area contributed by atoms with Crippen LogP contribution in [0.5, 0.6) is 5.75 Å². The van der Waals surface area contributed by atoms with Crippen LogP contribution in [0.1, 0.15) is 32.2 Å². The Morgan fingerprint density at radius 3 is 1.76 bits per heavy atom. The van der Waals surface area contributed by atoms with Crippen molar-refractivity contribution in [3.63, 3.8) is 0 Å². The lowest BCUT2D eigenvalue weighted by Gasteiger charge is -2.31. The summed E-state index contributed by atoms with van der Waals surface area (Å²) in [5, 5.41) is 9.58. The van der Waals surface area contributed by atoms with Crippen molar-refractivity contribution in [1.82, 2.24) is 4.90 Å². The van der Waals surface area contributed by atoms with Crippen molar-refractivity contribution in [2.24, 2.45) is 0 Å². The molecule has 5 heteroatoms. The zero-order valence-corrected chi connectivity index (χ0v) is 18.3. The SMILES string of the molecule is COc1ccccc1C1C(C(=O)c2ccccc2)=CN(CCO)C=C1C(=O)c1ccccc1. The first kappa shape index (κ1) is 22.2. The summed E-state index contributed by atoms with van der Waals surface area (Å²) in [5.41, 5.74) is 2.68. The average Bonchev–Trinajstić information content (AvgIpc) is 2.88. The van der Waals surface area contributed by atoms with Gasteiger partial charge in [0.15, 0.2) is 11.6 Å². The second-order valence-electron chi connectivity index (χ2n) is 7.70. The fraction of sp³-hybridized carbons (Fsp3) is 0.143. The van der Waals surface area contributed by atoms with Crippen molar-refractivity contribution >= 4 is 11.6 Å². The Balaban J connectivity index is 1.90. The van der Waals surface area contributed by atoms with E-state index in [1.807, 2.05) is 60.7 Å². The van der Waals surface area contributed by atoms with Gasteiger partial charge in [0.05, 0.1) is 13.7 Å². The summed E-state index contributed by atoms with van der Waals surface area (Å²) >= 11 is 0. The third-order valence-corrected chi connectivity index (χ3v) is 5.64. The molecule has 1 aliphatic heterocycles. The maximum atomic E-state index is 13.7. The number of carbonyl (C=O) groups is 2. The first-order chi connectivity index (χ1) is 16.1. The van der Waals surface area contributed by atoms with Crippen molar-refractivity contribution in [2.75, 3.05) is 20.3 Å². The predicted molar refractivity (Wildman–Crippen MR) is 127 cm³/mol. The quantitative estimate of drug-likeness (QED) is 0.519. The minimum atomic E-state index is -0.628. The second-order valence-corrected chi connectivity index (χ2v) is 7.70. The van der Waals surface area contributed by atoms with E-state index in [0.717, 1.165) is 5.56 Å². The number of carbonyl (C=O) groups excluding carboxylic acids is 2. The van der Waals surface area contributed by atoms with Crippen LogP contribution in [0, 0.1) is 0 Å². The number of hydrogen-bond acceptors (Lipinski definition) is 5. The summed E-state index contributed by atoms with van der Waals surface area (Å²) in [7, 11) is 1.57. The second kappa shape index (κ2) is 10.1. The minimum Gasteiger partial charge on any atom is -0.496 e. The van der Waals surface area contributed by atoms with E-state index in [0.29, 0.717) is 28.0 Å². The molecule has 0 saturated heterocycles. The Morgan fingerprint density at radius 2 is 1.27 bits per heavy atom. The summed E-state index contributed by atoms with van der Waals surface area (Å²) in [6.07, 6.45) is 3.45. The third-order valence-electron chi connectivity index (χ3n) is 5.64. The molecule has 4 rings (SSSR count). The molecule has 0 bridgehead atoms. The van der Waals surface area contributed by atoms with Crippen molar-refractivity contribution in [1.29, 1.82) is 0 Å². The van der Waals surface area contributed by atoms with Crippen LogP contribution in [0.25, 0.3) is 0 Å². The topological polar surface area (TPSA) is 66.8 Å². The molecule has 1 aliphatic rings. The van der Waals surface area contributed by atoms with Crippen LogP contribution in [0.2, 0.25) is 0 Å². The van der Waals surface area contributed by atoms with Gasteiger partial charge in [-0.1, -0.05) is 78.9 Å². The number of β-amino-alcohol motifs (C(OH)–C–C–N with tert-alkyl or cyclic N) is 1. The summed E-state index contributed by atoms with van der Waals surface area (Å²) in [6, 6.07) is 25.4. The predicted octanol–water partition coefficient (Wildman–Crippen LogP) is 4.62. The van der Waals surface area contributed by atoms with Gasteiger partial charge in [0.25, 0.3) is 0 Å². The largest absolute Gasteiger partial charge is 0.496 e. The van der Waals surface area contributed by atoms with Crippen molar-refractivity contribution in [2.45, 2.75) is 5.92 Å². The molecular weight excluding hydrogens is 414 g/mol. The van der Waals surface area contributed by atoms with E-state index >= 15 is 0 Å². The molecule has 0 unspecified atom stereocenters. The lowest BCUT2D eigenvalue weighted by molar-refractivity contribution is 0.101. The number of Topliss-reactive ketones (excluding diaryl/α,β-unsaturated/α-hetero) is 2. The Bertz CT molecular complexity index is 1130. The number of nitrogens with zero attached hydrogens (tertiary/aromatic N) is 1. The fourth-order valence-corrected chi connectivity index (χ4v) is 4.09. The Labute approximate surface area is 193 Å². The van der Waals surface area contributed by atoms with Gasteiger partial charge in [0, 0.05) is 52.7 Å². The van der Waals surface area contributed by atoms with Gasteiger partial charge in [-0.3, -0.25) is 9.59 Å². The molecule has 1 N–H and O–H groups in total. The maximum Gasteiger partial charge on any atom is 0.191 e. The van der Waals surface area contributed by atoms with E-state index in [-0.39, 0.29) is 24.7 Å². The zero-order valence-electron chi connectivity index (χ0n) is 18.3. The molecule has 5 nitrogen and oxygen atoms in total. The normalized spacial score (nSPS) is 13.8. The van der Waals surface area contributed by atoms with Gasteiger partial charge in [0.2, 0.25) is 0 Å². The van der Waals surface area contributed by atoms with Gasteiger partial charge in [-0.2, -0.15) is 0 Å². The standard InChI is InChI=1S/C28H25NO4/c1-33-25-15-9-8-14-22(25)26-23(27(31)20-10-4-2-5-11-20)18-29(16-17-30)19-24(26)28(32)21-12-6-3-7-13-21/h2-15,18-19,26,30H,16-17H2,1H3. The molecule has 33 heavy (non-hydrogen) atoms. The molecule has 0 atom stereocenters. The van der Waals surface area contributed by atoms with Gasteiger partial charge in [-0.15, -0.1) is 0 Å². The highest BCUT2D eigenvalue weighted by Gasteiger charge is 2.36. The van der Waals surface area contributed by atoms with Crippen LogP contribution in [0.4, 0.5) is 0 Å². The molecule has 166 valence electrons. The third kappa shape index (κ3) is 4.64. The number of ether oxygens (including phenoxy) is 1. The monoisotopic (exact) mass is 439 g/mol. The van der Waals surface area contributed by atoms with E-state index in [9.17, 15) is 14.7 Å². The van der Waals surface area contributed by atoms with Gasteiger partial charge in [0.1, 0.15) is 5.75 Å². The summed E-state index contributed by atoms with van der Waals surface area (Å²) in [6.45, 7) is 0.141. The maximum absolute atomic E-state index is 13.7. The van der Waals surface area contributed by atoms with Gasteiger partial charge in [-0.05, 0) is 6.07 Å². The summed E-state index contributed by atoms with van der Waals surface area (Å²) in [5.74, 6) is -0.394. The molecule has 0 radical (unpaired) electrons. The van der Waals surface area contributed by atoms with Crippen LogP contribution < -0.4 is 4.74 Å². The minimum absolute atomic E-state index is 0.119. The van der Waals surface area contributed by atoms with Crippen LogP contribution in [-0.2, 0) is 0 Å². The number of ketones is 2. The highest BCUT2D eigenvalue weighted by atomic mass is 16.5. The molecule has 0 spiro atoms. The van der Waals surface area contributed by atoms with E-state index in [1.54, 1.807) is 48.7 Å². The number of allylic oxidation sites excluding steroid dienone is 2. The van der Waals surface area contributed by atoms with Crippen LogP contribution in [0.3, 0.4) is 0 Å². The fourth-order valence-electron chi connectivity index (χ4n) is 4.09. The average molecular weight is 440 g/mol. The number of aliphatic hydroxyl groups excluding tert-OH is 1. The van der Waals surface area contributed by atoms with Gasteiger partial charge in [-0.25, -0.2) is 0 Å². The summed E-state index contributed by atoms with van der Waals surface area (Å²) < 4.78 is 5.61. The molecule has 0 aromatic heterocycles. The first-order valence-corrected chi connectivity index (χ1v) is 10.8.